The van der Waals surface area contributed by atoms with Gasteiger partial charge in [0.1, 0.15) is 11.6 Å². The Hall–Kier alpha value is -3.81. The van der Waals surface area contributed by atoms with Crippen LogP contribution in [0.1, 0.15) is 27.4 Å². The lowest BCUT2D eigenvalue weighted by Crippen LogP contribution is -2.17. The van der Waals surface area contributed by atoms with Gasteiger partial charge in [0.2, 0.25) is 5.89 Å². The predicted octanol–water partition coefficient (Wildman–Crippen LogP) is 3.69. The molecule has 0 aliphatic heterocycles. The zero-order chi connectivity index (χ0) is 20.7. The van der Waals surface area contributed by atoms with E-state index in [4.69, 9.17) is 4.42 Å². The third-order valence-corrected chi connectivity index (χ3v) is 4.53. The minimum Gasteiger partial charge on any atom is -0.392 e. The van der Waals surface area contributed by atoms with Crippen molar-refractivity contribution in [2.75, 3.05) is 5.32 Å². The third kappa shape index (κ3) is 3.40. The minimum absolute atomic E-state index is 0.157. The summed E-state index contributed by atoms with van der Waals surface area (Å²) in [6, 6.07) is 9.62. The lowest BCUT2D eigenvalue weighted by molar-refractivity contribution is 0.102. The Kier molecular flexibility index (Phi) is 4.46. The molecule has 2 aromatic carbocycles. The molecule has 0 radical (unpaired) electrons. The van der Waals surface area contributed by atoms with E-state index >= 15 is 0 Å². The van der Waals surface area contributed by atoms with Crippen molar-refractivity contribution in [3.05, 3.63) is 81.5 Å². The van der Waals surface area contributed by atoms with Gasteiger partial charge in [0, 0.05) is 24.6 Å². The molecule has 0 saturated heterocycles. The number of nitrogens with one attached hydrogen (secondary N) is 1. The van der Waals surface area contributed by atoms with E-state index in [9.17, 15) is 14.0 Å². The van der Waals surface area contributed by atoms with E-state index in [-0.39, 0.29) is 17.1 Å². The van der Waals surface area contributed by atoms with E-state index in [2.05, 4.69) is 15.4 Å². The summed E-state index contributed by atoms with van der Waals surface area (Å²) in [5.74, 6) is -1.65. The molecule has 0 unspecified atom stereocenters. The number of halogens is 1. The molecule has 0 fully saturated rings. The lowest BCUT2D eigenvalue weighted by Gasteiger charge is -2.11. The zero-order valence-corrected chi connectivity index (χ0v) is 16.0. The van der Waals surface area contributed by atoms with Gasteiger partial charge in [-0.15, -0.1) is 5.10 Å². The van der Waals surface area contributed by atoms with Crippen LogP contribution >= 0.6 is 0 Å². The normalized spacial score (nSPS) is 11.0. The molecule has 0 atom stereocenters. The highest BCUT2D eigenvalue weighted by Crippen LogP contribution is 2.27. The average Bonchev–Trinajstić information content (AvgIpc) is 2.99. The number of aryl methyl sites for hydroxylation is 3. The number of nitrogens with zero attached hydrogens (tertiary/aromatic N) is 3. The second-order valence-electron chi connectivity index (χ2n) is 6.76. The Labute approximate surface area is 164 Å². The molecule has 0 aliphatic rings. The summed E-state index contributed by atoms with van der Waals surface area (Å²) in [6.07, 6.45) is 1.59. The van der Waals surface area contributed by atoms with Crippen molar-refractivity contribution in [3.8, 4) is 5.69 Å². The van der Waals surface area contributed by atoms with E-state index in [1.807, 2.05) is 32.0 Å². The smallest absolute Gasteiger partial charge is 0.392 e. The Morgan fingerprint density at radius 2 is 1.93 bits per heavy atom. The summed E-state index contributed by atoms with van der Waals surface area (Å²) >= 11 is 0. The van der Waals surface area contributed by atoms with Gasteiger partial charge in [-0.3, -0.25) is 4.79 Å². The van der Waals surface area contributed by atoms with Gasteiger partial charge in [0.25, 0.3) is 5.91 Å². The lowest BCUT2D eigenvalue weighted by atomic mass is 10.0. The van der Waals surface area contributed by atoms with E-state index in [0.717, 1.165) is 32.6 Å². The predicted molar refractivity (Wildman–Crippen MR) is 106 cm³/mol. The Bertz CT molecular complexity index is 1320. The largest absolute Gasteiger partial charge is 0.441 e. The average molecular weight is 392 g/mol. The van der Waals surface area contributed by atoms with Crippen molar-refractivity contribution in [1.29, 1.82) is 0 Å². The first kappa shape index (κ1) is 18.5. The van der Waals surface area contributed by atoms with Crippen LogP contribution in [0.25, 0.3) is 16.5 Å². The van der Waals surface area contributed by atoms with E-state index in [0.29, 0.717) is 5.82 Å². The first-order valence-electron chi connectivity index (χ1n) is 8.87. The SMILES string of the molecule is Cc1cc(C)c2c(NC(=O)c3ccc(-n4nc(C)oc4=O)cc3F)nccc2c1. The maximum atomic E-state index is 14.6. The number of rotatable bonds is 3. The molecule has 0 aliphatic carbocycles. The standard InChI is InChI=1S/C21H17FN4O3/c1-11-8-12(2)18-14(9-11)6-7-23-19(18)24-20(27)16-5-4-15(10-17(16)22)26-21(28)29-13(3)25-26/h4-10H,1-3H3,(H,23,24,27). The first-order valence-corrected chi connectivity index (χ1v) is 8.87. The number of carbonyl (C=O) groups is 1. The van der Waals surface area contributed by atoms with Crippen molar-refractivity contribution < 1.29 is 13.6 Å². The number of carbonyl (C=O) groups excluding carboxylic acids is 1. The summed E-state index contributed by atoms with van der Waals surface area (Å²) in [5, 5.41) is 8.29. The summed E-state index contributed by atoms with van der Waals surface area (Å²) in [5.41, 5.74) is 2.04. The van der Waals surface area contributed by atoms with Gasteiger partial charge in [-0.25, -0.2) is 14.2 Å². The van der Waals surface area contributed by atoms with Crippen LogP contribution < -0.4 is 11.1 Å². The Balaban J connectivity index is 1.69. The van der Waals surface area contributed by atoms with Crippen LogP contribution in [0.15, 0.2) is 51.8 Å². The van der Waals surface area contributed by atoms with Gasteiger partial charge < -0.3 is 9.73 Å². The maximum Gasteiger partial charge on any atom is 0.441 e. The summed E-state index contributed by atoms with van der Waals surface area (Å²) in [6.45, 7) is 5.43. The topological polar surface area (TPSA) is 90.0 Å². The molecule has 29 heavy (non-hydrogen) atoms. The fraction of sp³-hybridized carbons (Fsp3) is 0.143. The molecule has 2 heterocycles. The molecule has 1 amide bonds. The minimum atomic E-state index is -0.791. The maximum absolute atomic E-state index is 14.6. The molecular formula is C21H17FN4O3. The van der Waals surface area contributed by atoms with Gasteiger partial charge in [0.15, 0.2) is 0 Å². The highest BCUT2D eigenvalue weighted by molar-refractivity contribution is 6.09. The van der Waals surface area contributed by atoms with E-state index < -0.39 is 17.5 Å². The zero-order valence-electron chi connectivity index (χ0n) is 16.0. The van der Waals surface area contributed by atoms with Crippen LogP contribution in [0, 0.1) is 26.6 Å². The molecule has 0 saturated carbocycles. The molecule has 146 valence electrons. The summed E-state index contributed by atoms with van der Waals surface area (Å²) in [4.78, 5) is 28.6. The number of hydrogen-bond donors (Lipinski definition) is 1. The molecule has 2 aromatic heterocycles. The molecule has 0 bridgehead atoms. The van der Waals surface area contributed by atoms with Crippen molar-refractivity contribution in [2.24, 2.45) is 0 Å². The van der Waals surface area contributed by atoms with Crippen molar-refractivity contribution in [1.82, 2.24) is 14.8 Å². The van der Waals surface area contributed by atoms with Crippen molar-refractivity contribution in [3.63, 3.8) is 0 Å². The number of amides is 1. The molecular weight excluding hydrogens is 375 g/mol. The number of pyridine rings is 1. The van der Waals surface area contributed by atoms with Crippen LogP contribution in [0.2, 0.25) is 0 Å². The van der Waals surface area contributed by atoms with Crippen LogP contribution in [0.3, 0.4) is 0 Å². The highest BCUT2D eigenvalue weighted by Gasteiger charge is 2.17. The Morgan fingerprint density at radius 3 is 2.62 bits per heavy atom. The van der Waals surface area contributed by atoms with E-state index in [1.54, 1.807) is 6.20 Å². The molecule has 4 aromatic rings. The van der Waals surface area contributed by atoms with Gasteiger partial charge >= 0.3 is 5.76 Å². The van der Waals surface area contributed by atoms with Crippen LogP contribution in [0.4, 0.5) is 10.2 Å². The Morgan fingerprint density at radius 1 is 1.14 bits per heavy atom. The van der Waals surface area contributed by atoms with Crippen LogP contribution in [-0.2, 0) is 0 Å². The van der Waals surface area contributed by atoms with Gasteiger partial charge in [0.05, 0.1) is 11.3 Å². The van der Waals surface area contributed by atoms with Gasteiger partial charge in [-0.05, 0) is 43.0 Å². The summed E-state index contributed by atoms with van der Waals surface area (Å²) in [7, 11) is 0. The molecule has 8 heteroatoms. The molecule has 7 nitrogen and oxygen atoms in total. The van der Waals surface area contributed by atoms with Gasteiger partial charge in [-0.1, -0.05) is 17.7 Å². The number of aromatic nitrogens is 3. The first-order chi connectivity index (χ1) is 13.8. The second kappa shape index (κ2) is 6.97. The quantitative estimate of drug-likeness (QED) is 0.574. The number of fused-ring (bicyclic) bond motifs is 1. The molecule has 1 N–H and O–H groups in total. The van der Waals surface area contributed by atoms with Crippen molar-refractivity contribution in [2.45, 2.75) is 20.8 Å². The number of benzene rings is 2. The summed E-state index contributed by atoms with van der Waals surface area (Å²) < 4.78 is 20.4. The highest BCUT2D eigenvalue weighted by atomic mass is 19.1. The van der Waals surface area contributed by atoms with E-state index in [1.165, 1.54) is 19.1 Å². The fourth-order valence-corrected chi connectivity index (χ4v) is 3.34. The van der Waals surface area contributed by atoms with Crippen LogP contribution in [-0.4, -0.2) is 20.7 Å². The third-order valence-electron chi connectivity index (χ3n) is 4.53. The fourth-order valence-electron chi connectivity index (χ4n) is 3.34. The number of anilines is 1. The van der Waals surface area contributed by atoms with Crippen LogP contribution in [0.5, 0.6) is 0 Å². The second-order valence-corrected chi connectivity index (χ2v) is 6.76. The number of hydrogen-bond acceptors (Lipinski definition) is 5. The molecule has 0 spiro atoms. The monoisotopic (exact) mass is 392 g/mol. The van der Waals surface area contributed by atoms with Gasteiger partial charge in [-0.2, -0.15) is 4.68 Å². The molecule has 4 rings (SSSR count). The van der Waals surface area contributed by atoms with Crippen molar-refractivity contribution >= 4 is 22.5 Å².